The van der Waals surface area contributed by atoms with E-state index in [0.717, 1.165) is 18.2 Å². The number of benzene rings is 1. The van der Waals surface area contributed by atoms with Crippen molar-refractivity contribution in [3.63, 3.8) is 0 Å². The summed E-state index contributed by atoms with van der Waals surface area (Å²) >= 11 is 0. The van der Waals surface area contributed by atoms with Crippen molar-refractivity contribution >= 4 is 26.7 Å². The summed E-state index contributed by atoms with van der Waals surface area (Å²) in [6.07, 6.45) is 2.20. The quantitative estimate of drug-likeness (QED) is 0.901. The molecule has 6 heteroatoms. The van der Waals surface area contributed by atoms with Gasteiger partial charge in [0.2, 0.25) is 10.0 Å². The van der Waals surface area contributed by atoms with Crippen molar-refractivity contribution in [2.45, 2.75) is 30.7 Å². The lowest BCUT2D eigenvalue weighted by Gasteiger charge is -2.13. The number of aromatic nitrogens is 1. The molecule has 1 aliphatic rings. The average molecular weight is 291 g/mol. The average Bonchev–Trinajstić information content (AvgIpc) is 3.21. The summed E-state index contributed by atoms with van der Waals surface area (Å²) in [5.41, 5.74) is 6.31. The van der Waals surface area contributed by atoms with Crippen molar-refractivity contribution in [1.29, 1.82) is 0 Å². The number of nitrogen functional groups attached to an aromatic ring is 1. The van der Waals surface area contributed by atoms with Crippen LogP contribution < -0.4 is 10.5 Å². The van der Waals surface area contributed by atoms with Gasteiger partial charge in [-0.2, -0.15) is 0 Å². The number of nitrogens with two attached hydrogens (primary N) is 1. The van der Waals surface area contributed by atoms with Crippen molar-refractivity contribution in [1.82, 2.24) is 9.71 Å². The highest BCUT2D eigenvalue weighted by Gasteiger charge is 2.31. The van der Waals surface area contributed by atoms with Crippen molar-refractivity contribution in [3.8, 4) is 0 Å². The molecule has 3 rings (SSSR count). The summed E-state index contributed by atoms with van der Waals surface area (Å²) in [6.45, 7) is 1.92. The number of nitrogens with one attached hydrogen (secondary N) is 1. The summed E-state index contributed by atoms with van der Waals surface area (Å²) in [6, 6.07) is 8.31. The molecule has 0 radical (unpaired) electrons. The van der Waals surface area contributed by atoms with E-state index in [4.69, 9.17) is 5.73 Å². The molecule has 3 N–H and O–H groups in total. The summed E-state index contributed by atoms with van der Waals surface area (Å²) in [5, 5.41) is 0.765. The Morgan fingerprint density at radius 3 is 2.75 bits per heavy atom. The Morgan fingerprint density at radius 2 is 2.05 bits per heavy atom. The van der Waals surface area contributed by atoms with Gasteiger partial charge in [-0.15, -0.1) is 0 Å². The third-order valence-corrected chi connectivity index (χ3v) is 5.22. The van der Waals surface area contributed by atoms with Crippen LogP contribution in [0.4, 0.5) is 5.82 Å². The minimum Gasteiger partial charge on any atom is -0.384 e. The second-order valence-corrected chi connectivity index (χ2v) is 7.05. The summed E-state index contributed by atoms with van der Waals surface area (Å²) in [7, 11) is -3.48. The van der Waals surface area contributed by atoms with Gasteiger partial charge in [0.15, 0.2) is 0 Å². The first-order chi connectivity index (χ1) is 9.45. The Balaban J connectivity index is 1.94. The standard InChI is InChI=1S/C14H17N3O2S/c1-9(10-2-3-10)17-20(18,19)12-5-6-13-11(8-12)4-7-14(15)16-13/h4-10,17H,2-3H2,1H3,(H2,15,16). The predicted molar refractivity (Wildman–Crippen MR) is 78.7 cm³/mol. The molecule has 5 nitrogen and oxygen atoms in total. The smallest absolute Gasteiger partial charge is 0.240 e. The predicted octanol–water partition coefficient (Wildman–Crippen LogP) is 1.89. The second kappa shape index (κ2) is 4.71. The van der Waals surface area contributed by atoms with Gasteiger partial charge in [-0.1, -0.05) is 0 Å². The highest BCUT2D eigenvalue weighted by molar-refractivity contribution is 7.89. The molecule has 0 spiro atoms. The van der Waals surface area contributed by atoms with E-state index in [1.54, 1.807) is 30.3 Å². The lowest BCUT2D eigenvalue weighted by molar-refractivity contribution is 0.538. The van der Waals surface area contributed by atoms with Crippen LogP contribution >= 0.6 is 0 Å². The van der Waals surface area contributed by atoms with Crippen LogP contribution in [0.2, 0.25) is 0 Å². The van der Waals surface area contributed by atoms with Crippen LogP contribution in [0.25, 0.3) is 10.9 Å². The Hall–Kier alpha value is -1.66. The maximum atomic E-state index is 12.3. The van der Waals surface area contributed by atoms with Gasteiger partial charge in [0.1, 0.15) is 5.82 Å². The maximum absolute atomic E-state index is 12.3. The molecular weight excluding hydrogens is 274 g/mol. The lowest BCUT2D eigenvalue weighted by Crippen LogP contribution is -2.33. The van der Waals surface area contributed by atoms with Gasteiger partial charge in [-0.25, -0.2) is 18.1 Å². The van der Waals surface area contributed by atoms with E-state index < -0.39 is 10.0 Å². The van der Waals surface area contributed by atoms with Crippen molar-refractivity contribution in [2.24, 2.45) is 5.92 Å². The molecule has 0 aliphatic heterocycles. The van der Waals surface area contributed by atoms with Crippen LogP contribution in [0, 0.1) is 5.92 Å². The molecule has 1 heterocycles. The highest BCUT2D eigenvalue weighted by atomic mass is 32.2. The Kier molecular flexibility index (Phi) is 3.14. The van der Waals surface area contributed by atoms with Gasteiger partial charge in [0, 0.05) is 11.4 Å². The number of fused-ring (bicyclic) bond motifs is 1. The third-order valence-electron chi connectivity index (χ3n) is 3.66. The topological polar surface area (TPSA) is 85.1 Å². The number of pyridine rings is 1. The minimum atomic E-state index is -3.48. The van der Waals surface area contributed by atoms with E-state index in [-0.39, 0.29) is 10.9 Å². The first kappa shape index (κ1) is 13.3. The molecule has 1 aromatic carbocycles. The number of sulfonamides is 1. The minimum absolute atomic E-state index is 0.0137. The van der Waals surface area contributed by atoms with Crippen LogP contribution in [-0.2, 0) is 10.0 Å². The van der Waals surface area contributed by atoms with Crippen molar-refractivity contribution < 1.29 is 8.42 Å². The zero-order chi connectivity index (χ0) is 14.3. The van der Waals surface area contributed by atoms with Crippen molar-refractivity contribution in [2.75, 3.05) is 5.73 Å². The molecule has 0 amide bonds. The molecule has 0 bridgehead atoms. The number of anilines is 1. The largest absolute Gasteiger partial charge is 0.384 e. The summed E-state index contributed by atoms with van der Waals surface area (Å²) < 4.78 is 27.4. The van der Waals surface area contributed by atoms with Gasteiger partial charge < -0.3 is 5.73 Å². The van der Waals surface area contributed by atoms with Gasteiger partial charge in [-0.05, 0) is 56.0 Å². The van der Waals surface area contributed by atoms with E-state index >= 15 is 0 Å². The summed E-state index contributed by atoms with van der Waals surface area (Å²) in [5.74, 6) is 0.903. The molecule has 1 fully saturated rings. The number of hydrogen-bond acceptors (Lipinski definition) is 4. The van der Waals surface area contributed by atoms with Gasteiger partial charge in [0.05, 0.1) is 10.4 Å². The van der Waals surface area contributed by atoms with Crippen LogP contribution in [0.5, 0.6) is 0 Å². The van der Waals surface area contributed by atoms with E-state index in [9.17, 15) is 8.42 Å². The SMILES string of the molecule is CC(NS(=O)(=O)c1ccc2nc(N)ccc2c1)C1CC1. The first-order valence-electron chi connectivity index (χ1n) is 6.64. The molecular formula is C14H17N3O2S. The maximum Gasteiger partial charge on any atom is 0.240 e. The van der Waals surface area contributed by atoms with Crippen LogP contribution in [-0.4, -0.2) is 19.4 Å². The third kappa shape index (κ3) is 2.62. The Morgan fingerprint density at radius 1 is 1.30 bits per heavy atom. The molecule has 0 saturated heterocycles. The molecule has 106 valence electrons. The first-order valence-corrected chi connectivity index (χ1v) is 8.13. The Bertz CT molecular complexity index is 754. The number of rotatable bonds is 4. The van der Waals surface area contributed by atoms with E-state index in [1.165, 1.54) is 0 Å². The second-order valence-electron chi connectivity index (χ2n) is 5.34. The Labute approximate surface area is 118 Å². The molecule has 2 aromatic rings. The van der Waals surface area contributed by atoms with Crippen LogP contribution in [0.15, 0.2) is 35.2 Å². The van der Waals surface area contributed by atoms with Gasteiger partial charge in [-0.3, -0.25) is 0 Å². The number of hydrogen-bond donors (Lipinski definition) is 2. The molecule has 1 unspecified atom stereocenters. The zero-order valence-electron chi connectivity index (χ0n) is 11.2. The fourth-order valence-corrected chi connectivity index (χ4v) is 3.64. The van der Waals surface area contributed by atoms with E-state index in [0.29, 0.717) is 17.3 Å². The number of nitrogens with zero attached hydrogens (tertiary/aromatic N) is 1. The van der Waals surface area contributed by atoms with Gasteiger partial charge in [0.25, 0.3) is 0 Å². The van der Waals surface area contributed by atoms with Gasteiger partial charge >= 0.3 is 0 Å². The fraction of sp³-hybridized carbons (Fsp3) is 0.357. The molecule has 20 heavy (non-hydrogen) atoms. The zero-order valence-corrected chi connectivity index (χ0v) is 12.0. The molecule has 1 atom stereocenters. The monoisotopic (exact) mass is 291 g/mol. The van der Waals surface area contributed by atoms with Crippen LogP contribution in [0.1, 0.15) is 19.8 Å². The summed E-state index contributed by atoms with van der Waals surface area (Å²) in [4.78, 5) is 4.43. The normalized spacial score (nSPS) is 17.2. The van der Waals surface area contributed by atoms with E-state index in [1.807, 2.05) is 6.92 Å². The van der Waals surface area contributed by atoms with Crippen molar-refractivity contribution in [3.05, 3.63) is 30.3 Å². The lowest BCUT2D eigenvalue weighted by atomic mass is 10.2. The molecule has 1 aromatic heterocycles. The van der Waals surface area contributed by atoms with E-state index in [2.05, 4.69) is 9.71 Å². The highest BCUT2D eigenvalue weighted by Crippen LogP contribution is 2.33. The molecule has 1 aliphatic carbocycles. The molecule has 1 saturated carbocycles. The fourth-order valence-electron chi connectivity index (χ4n) is 2.29. The van der Waals surface area contributed by atoms with Crippen LogP contribution in [0.3, 0.4) is 0 Å².